The Morgan fingerprint density at radius 3 is 2.60 bits per heavy atom. The molecule has 2 aromatic rings. The third kappa shape index (κ3) is 3.50. The minimum Gasteiger partial charge on any atom is -0.396 e. The van der Waals surface area contributed by atoms with Crippen molar-refractivity contribution in [1.82, 2.24) is 19.6 Å². The minimum absolute atomic E-state index is 0.0231. The molecule has 5 nitrogen and oxygen atoms in total. The van der Waals surface area contributed by atoms with Crippen molar-refractivity contribution >= 4 is 0 Å². The van der Waals surface area contributed by atoms with Gasteiger partial charge in [0.2, 0.25) is 0 Å². The van der Waals surface area contributed by atoms with Gasteiger partial charge in [-0.15, -0.1) is 0 Å². The van der Waals surface area contributed by atoms with Crippen LogP contribution >= 0.6 is 0 Å². The predicted octanol–water partition coefficient (Wildman–Crippen LogP) is 1.74. The molecule has 0 radical (unpaired) electrons. The van der Waals surface area contributed by atoms with E-state index in [1.807, 2.05) is 17.9 Å². The smallest absolute Gasteiger partial charge is 0.0534 e. The molecule has 2 saturated heterocycles. The first-order valence-corrected chi connectivity index (χ1v) is 9.24. The van der Waals surface area contributed by atoms with Gasteiger partial charge in [-0.2, -0.15) is 5.10 Å². The minimum atomic E-state index is 0.0231. The normalized spacial score (nSPS) is 27.5. The van der Waals surface area contributed by atoms with Crippen molar-refractivity contribution in [3.05, 3.63) is 53.9 Å². The highest BCUT2D eigenvalue weighted by Gasteiger charge is 2.49. The largest absolute Gasteiger partial charge is 0.396 e. The molecule has 1 N–H and O–H groups in total. The number of benzene rings is 1. The van der Waals surface area contributed by atoms with Gasteiger partial charge in [-0.3, -0.25) is 14.5 Å². The lowest BCUT2D eigenvalue weighted by atomic mass is 9.74. The summed E-state index contributed by atoms with van der Waals surface area (Å²) in [6.45, 7) is 6.40. The molecule has 134 valence electrons. The topological polar surface area (TPSA) is 44.5 Å². The standard InChI is InChI=1S/C20H28N4O/c1-22-10-18(9-21-22)12-23-8-7-19-13-24(15-20(19,14-23)16-25)11-17-5-3-2-4-6-17/h2-6,9-10,19,25H,7-8,11-16H2,1H3/t19-,20+/m0/s1. The molecule has 2 aliphatic heterocycles. The highest BCUT2D eigenvalue weighted by Crippen LogP contribution is 2.42. The fourth-order valence-corrected chi connectivity index (χ4v) is 4.72. The molecule has 2 atom stereocenters. The predicted molar refractivity (Wildman–Crippen MR) is 97.8 cm³/mol. The maximum atomic E-state index is 10.3. The second-order valence-corrected chi connectivity index (χ2v) is 7.89. The lowest BCUT2D eigenvalue weighted by Crippen LogP contribution is -2.50. The number of aromatic nitrogens is 2. The van der Waals surface area contributed by atoms with Crippen molar-refractivity contribution in [2.75, 3.05) is 32.8 Å². The van der Waals surface area contributed by atoms with Gasteiger partial charge in [-0.05, 0) is 24.4 Å². The van der Waals surface area contributed by atoms with E-state index in [1.54, 1.807) is 0 Å². The summed E-state index contributed by atoms with van der Waals surface area (Å²) in [5, 5.41) is 14.5. The van der Waals surface area contributed by atoms with E-state index in [1.165, 1.54) is 17.5 Å². The van der Waals surface area contributed by atoms with Gasteiger partial charge in [0.25, 0.3) is 0 Å². The number of piperidine rings is 1. The number of fused-ring (bicyclic) bond motifs is 1. The molecule has 2 fully saturated rings. The molecule has 0 saturated carbocycles. The average Bonchev–Trinajstić information content (AvgIpc) is 3.19. The highest BCUT2D eigenvalue weighted by atomic mass is 16.3. The van der Waals surface area contributed by atoms with E-state index in [0.717, 1.165) is 39.3 Å². The fourth-order valence-electron chi connectivity index (χ4n) is 4.72. The fraction of sp³-hybridized carbons (Fsp3) is 0.550. The number of hydrogen-bond acceptors (Lipinski definition) is 4. The first kappa shape index (κ1) is 16.8. The number of aryl methyl sites for hydroxylation is 1. The van der Waals surface area contributed by atoms with Gasteiger partial charge >= 0.3 is 0 Å². The number of aliphatic hydroxyl groups is 1. The summed E-state index contributed by atoms with van der Waals surface area (Å²) in [7, 11) is 1.96. The van der Waals surface area contributed by atoms with E-state index >= 15 is 0 Å². The Hall–Kier alpha value is -1.69. The summed E-state index contributed by atoms with van der Waals surface area (Å²) in [4.78, 5) is 5.03. The van der Waals surface area contributed by atoms with Gasteiger partial charge in [-0.25, -0.2) is 0 Å². The van der Waals surface area contributed by atoms with Crippen LogP contribution in [0, 0.1) is 11.3 Å². The zero-order valence-corrected chi connectivity index (χ0v) is 15.0. The van der Waals surface area contributed by atoms with E-state index < -0.39 is 0 Å². The number of likely N-dealkylation sites (tertiary alicyclic amines) is 2. The molecule has 1 aromatic heterocycles. The van der Waals surface area contributed by atoms with Gasteiger partial charge < -0.3 is 5.11 Å². The molecule has 0 unspecified atom stereocenters. The molecule has 0 bridgehead atoms. The summed E-state index contributed by atoms with van der Waals surface area (Å²) in [6.07, 6.45) is 5.22. The first-order chi connectivity index (χ1) is 12.2. The molecule has 0 aliphatic carbocycles. The van der Waals surface area contributed by atoms with Crippen molar-refractivity contribution in [2.45, 2.75) is 19.5 Å². The Bertz CT molecular complexity index is 701. The Morgan fingerprint density at radius 1 is 1.12 bits per heavy atom. The molecular formula is C20H28N4O. The summed E-state index contributed by atoms with van der Waals surface area (Å²) < 4.78 is 1.86. The zero-order valence-electron chi connectivity index (χ0n) is 15.0. The quantitative estimate of drug-likeness (QED) is 0.900. The second kappa shape index (κ2) is 6.90. The zero-order chi connectivity index (χ0) is 17.3. The highest BCUT2D eigenvalue weighted by molar-refractivity contribution is 5.15. The monoisotopic (exact) mass is 340 g/mol. The lowest BCUT2D eigenvalue weighted by Gasteiger charge is -2.43. The molecule has 25 heavy (non-hydrogen) atoms. The molecular weight excluding hydrogens is 312 g/mol. The van der Waals surface area contributed by atoms with Crippen LogP contribution in [0.3, 0.4) is 0 Å². The van der Waals surface area contributed by atoms with Gasteiger partial charge in [0.1, 0.15) is 0 Å². The van der Waals surface area contributed by atoms with Gasteiger partial charge in [0.05, 0.1) is 12.8 Å². The second-order valence-electron chi connectivity index (χ2n) is 7.89. The molecule has 2 aliphatic rings. The van der Waals surface area contributed by atoms with E-state index in [-0.39, 0.29) is 12.0 Å². The van der Waals surface area contributed by atoms with Crippen LogP contribution in [0.1, 0.15) is 17.5 Å². The van der Waals surface area contributed by atoms with Crippen LogP contribution in [-0.2, 0) is 20.1 Å². The Balaban J connectivity index is 1.43. The first-order valence-electron chi connectivity index (χ1n) is 9.24. The van der Waals surface area contributed by atoms with Crippen molar-refractivity contribution in [1.29, 1.82) is 0 Å². The third-order valence-corrected chi connectivity index (χ3v) is 5.94. The Labute approximate surface area is 149 Å². The van der Waals surface area contributed by atoms with Crippen LogP contribution in [0.2, 0.25) is 0 Å². The van der Waals surface area contributed by atoms with Crippen LogP contribution in [0.25, 0.3) is 0 Å². The number of aliphatic hydroxyl groups excluding tert-OH is 1. The van der Waals surface area contributed by atoms with Gasteiger partial charge in [0.15, 0.2) is 0 Å². The Kier molecular flexibility index (Phi) is 4.63. The van der Waals surface area contributed by atoms with Gasteiger partial charge in [0, 0.05) is 56.9 Å². The number of rotatable bonds is 5. The van der Waals surface area contributed by atoms with Gasteiger partial charge in [-0.1, -0.05) is 30.3 Å². The third-order valence-electron chi connectivity index (χ3n) is 5.94. The van der Waals surface area contributed by atoms with Crippen molar-refractivity contribution in [3.63, 3.8) is 0 Å². The maximum absolute atomic E-state index is 10.3. The van der Waals surface area contributed by atoms with Crippen molar-refractivity contribution in [3.8, 4) is 0 Å². The van der Waals surface area contributed by atoms with Crippen LogP contribution in [-0.4, -0.2) is 57.5 Å². The molecule has 0 spiro atoms. The van der Waals surface area contributed by atoms with Crippen LogP contribution < -0.4 is 0 Å². The Morgan fingerprint density at radius 2 is 1.88 bits per heavy atom. The number of hydrogen-bond donors (Lipinski definition) is 1. The van der Waals surface area contributed by atoms with Crippen molar-refractivity contribution in [2.24, 2.45) is 18.4 Å². The van der Waals surface area contributed by atoms with Crippen LogP contribution in [0.15, 0.2) is 42.7 Å². The SMILES string of the molecule is Cn1cc(CN2CC[C@H]3CN(Cc4ccccc4)C[C@@]3(CO)C2)cn1. The molecule has 4 rings (SSSR count). The van der Waals surface area contributed by atoms with Crippen LogP contribution in [0.4, 0.5) is 0 Å². The lowest BCUT2D eigenvalue weighted by molar-refractivity contribution is 0.00738. The summed E-state index contributed by atoms with van der Waals surface area (Å²) in [5.41, 5.74) is 2.64. The maximum Gasteiger partial charge on any atom is 0.0534 e. The summed E-state index contributed by atoms with van der Waals surface area (Å²) in [5.74, 6) is 0.603. The van der Waals surface area contributed by atoms with E-state index in [2.05, 4.69) is 51.4 Å². The average molecular weight is 340 g/mol. The summed E-state index contributed by atoms with van der Waals surface area (Å²) >= 11 is 0. The molecule has 5 heteroatoms. The molecule has 0 amide bonds. The van der Waals surface area contributed by atoms with Crippen molar-refractivity contribution < 1.29 is 5.11 Å². The molecule has 1 aromatic carbocycles. The summed E-state index contributed by atoms with van der Waals surface area (Å²) in [6, 6.07) is 10.7. The van der Waals surface area contributed by atoms with E-state index in [9.17, 15) is 5.11 Å². The van der Waals surface area contributed by atoms with Crippen LogP contribution in [0.5, 0.6) is 0 Å². The van der Waals surface area contributed by atoms with E-state index in [4.69, 9.17) is 0 Å². The molecule has 3 heterocycles. The number of nitrogens with zero attached hydrogens (tertiary/aromatic N) is 4. The van der Waals surface area contributed by atoms with E-state index in [0.29, 0.717) is 5.92 Å².